The number of alkyl halides is 1. The van der Waals surface area contributed by atoms with Crippen LogP contribution in [0.2, 0.25) is 0 Å². The predicted octanol–water partition coefficient (Wildman–Crippen LogP) is 3.16. The predicted molar refractivity (Wildman–Crippen MR) is 102 cm³/mol. The van der Waals surface area contributed by atoms with Crippen LogP contribution in [0.3, 0.4) is 0 Å². The number of hydrogen-bond acceptors (Lipinski definition) is 4. The van der Waals surface area contributed by atoms with E-state index >= 15 is 0 Å². The molecule has 3 aromatic rings. The summed E-state index contributed by atoms with van der Waals surface area (Å²) in [7, 11) is 0. The number of aryl methyl sites for hydroxylation is 1. The summed E-state index contributed by atoms with van der Waals surface area (Å²) in [5.74, 6) is 0.696. The number of likely N-dealkylation sites (tertiary alicyclic amines) is 1. The van der Waals surface area contributed by atoms with Crippen molar-refractivity contribution in [1.29, 1.82) is 0 Å². The summed E-state index contributed by atoms with van der Waals surface area (Å²) in [6.07, 6.45) is 3.55. The molecule has 7 heteroatoms. The van der Waals surface area contributed by atoms with Crippen molar-refractivity contribution in [2.75, 3.05) is 13.1 Å². The molecular formula is C21H21FN4O2. The minimum absolute atomic E-state index is 0.0129. The Kier molecular flexibility index (Phi) is 5.32. The number of H-pyrrole nitrogens is 1. The summed E-state index contributed by atoms with van der Waals surface area (Å²) in [6, 6.07) is 13.6. The van der Waals surface area contributed by atoms with Gasteiger partial charge < -0.3 is 9.64 Å². The molecule has 1 amide bonds. The average Bonchev–Trinajstić information content (AvgIpc) is 3.24. The molecule has 0 spiro atoms. The van der Waals surface area contributed by atoms with Gasteiger partial charge in [0.25, 0.3) is 0 Å². The first-order valence-electron chi connectivity index (χ1n) is 9.25. The van der Waals surface area contributed by atoms with E-state index in [2.05, 4.69) is 15.2 Å². The summed E-state index contributed by atoms with van der Waals surface area (Å²) < 4.78 is 18.7. The number of hydrogen-bond donors (Lipinski definition) is 1. The number of aromatic amines is 1. The Balaban J connectivity index is 1.29. The van der Waals surface area contributed by atoms with Crippen LogP contribution in [-0.2, 0) is 17.8 Å². The second-order valence-electron chi connectivity index (χ2n) is 6.85. The summed E-state index contributed by atoms with van der Waals surface area (Å²) in [5.41, 5.74) is 3.75. The molecule has 1 aliphatic heterocycles. The zero-order chi connectivity index (χ0) is 19.3. The smallest absolute Gasteiger partial charge is 0.223 e. The van der Waals surface area contributed by atoms with Gasteiger partial charge in [0, 0.05) is 12.6 Å². The number of ether oxygens (including phenoxy) is 1. The van der Waals surface area contributed by atoms with Gasteiger partial charge in [-0.2, -0.15) is 5.10 Å². The van der Waals surface area contributed by atoms with Crippen LogP contribution in [0.1, 0.15) is 17.5 Å². The van der Waals surface area contributed by atoms with Crippen molar-refractivity contribution in [1.82, 2.24) is 20.1 Å². The van der Waals surface area contributed by atoms with Gasteiger partial charge in [-0.05, 0) is 35.7 Å². The Morgan fingerprint density at radius 3 is 2.79 bits per heavy atom. The van der Waals surface area contributed by atoms with E-state index in [1.165, 1.54) is 0 Å². The number of nitrogens with one attached hydrogen (secondary N) is 1. The molecule has 4 rings (SSSR count). The van der Waals surface area contributed by atoms with Gasteiger partial charge in [0.1, 0.15) is 18.5 Å². The molecule has 0 bridgehead atoms. The number of halogens is 1. The molecule has 1 fully saturated rings. The van der Waals surface area contributed by atoms with Gasteiger partial charge >= 0.3 is 0 Å². The van der Waals surface area contributed by atoms with Crippen molar-refractivity contribution >= 4 is 5.91 Å². The minimum atomic E-state index is -0.854. The third-order valence-corrected chi connectivity index (χ3v) is 4.73. The number of amides is 1. The number of carbonyl (C=O) groups excluding carboxylic acids is 1. The Hall–Kier alpha value is -3.22. The average molecular weight is 380 g/mol. The minimum Gasteiger partial charge on any atom is -0.487 e. The van der Waals surface area contributed by atoms with Crippen LogP contribution in [0.5, 0.6) is 5.75 Å². The van der Waals surface area contributed by atoms with Crippen LogP contribution < -0.4 is 4.74 Å². The SMILES string of the molecule is O=C(CCc1cccc(COc2ccc(-c3ccn[nH]3)nc2)c1)N1CC(F)C1. The molecule has 0 unspecified atom stereocenters. The summed E-state index contributed by atoms with van der Waals surface area (Å²) in [4.78, 5) is 17.9. The first-order valence-corrected chi connectivity index (χ1v) is 9.25. The lowest BCUT2D eigenvalue weighted by Crippen LogP contribution is -2.51. The molecule has 28 heavy (non-hydrogen) atoms. The number of benzene rings is 1. The number of carbonyl (C=O) groups is 1. The fourth-order valence-corrected chi connectivity index (χ4v) is 3.10. The van der Waals surface area contributed by atoms with Crippen molar-refractivity contribution in [3.63, 3.8) is 0 Å². The monoisotopic (exact) mass is 380 g/mol. The topological polar surface area (TPSA) is 71.1 Å². The molecule has 3 heterocycles. The van der Waals surface area contributed by atoms with Crippen LogP contribution in [0.25, 0.3) is 11.4 Å². The van der Waals surface area contributed by atoms with E-state index in [1.807, 2.05) is 42.5 Å². The van der Waals surface area contributed by atoms with E-state index in [9.17, 15) is 9.18 Å². The first-order chi connectivity index (χ1) is 13.7. The van der Waals surface area contributed by atoms with E-state index < -0.39 is 6.17 Å². The fraction of sp³-hybridized carbons (Fsp3) is 0.286. The van der Waals surface area contributed by atoms with Crippen LogP contribution in [0, 0.1) is 0 Å². The standard InChI is InChI=1S/C21H21FN4O2/c22-17-12-26(13-17)21(27)7-4-15-2-1-3-16(10-15)14-28-18-5-6-19(23-11-18)20-8-9-24-25-20/h1-3,5-6,8-11,17H,4,7,12-14H2,(H,24,25). The molecule has 0 radical (unpaired) electrons. The van der Waals surface area contributed by atoms with E-state index in [0.717, 1.165) is 22.5 Å². The molecule has 0 saturated carbocycles. The highest BCUT2D eigenvalue weighted by molar-refractivity contribution is 5.77. The highest BCUT2D eigenvalue weighted by Crippen LogP contribution is 2.19. The van der Waals surface area contributed by atoms with Crippen LogP contribution >= 0.6 is 0 Å². The number of aromatic nitrogens is 3. The van der Waals surface area contributed by atoms with Gasteiger partial charge in [-0.25, -0.2) is 4.39 Å². The summed E-state index contributed by atoms with van der Waals surface area (Å²) in [5, 5.41) is 6.79. The molecule has 1 aliphatic rings. The van der Waals surface area contributed by atoms with Gasteiger partial charge in [-0.15, -0.1) is 0 Å². The molecule has 144 valence electrons. The maximum absolute atomic E-state index is 12.8. The molecule has 1 N–H and O–H groups in total. The Labute approximate surface area is 162 Å². The normalized spacial score (nSPS) is 14.0. The third-order valence-electron chi connectivity index (χ3n) is 4.73. The van der Waals surface area contributed by atoms with Crippen molar-refractivity contribution in [2.24, 2.45) is 0 Å². The van der Waals surface area contributed by atoms with Crippen molar-refractivity contribution < 1.29 is 13.9 Å². The quantitative estimate of drug-likeness (QED) is 0.683. The zero-order valence-electron chi connectivity index (χ0n) is 15.3. The van der Waals surface area contributed by atoms with Crippen molar-refractivity contribution in [2.45, 2.75) is 25.6 Å². The lowest BCUT2D eigenvalue weighted by molar-refractivity contribution is -0.138. The fourth-order valence-electron chi connectivity index (χ4n) is 3.10. The van der Waals surface area contributed by atoms with E-state index in [0.29, 0.717) is 25.2 Å². The lowest BCUT2D eigenvalue weighted by atomic mass is 10.1. The molecule has 0 aliphatic carbocycles. The molecule has 1 saturated heterocycles. The number of rotatable bonds is 7. The molecular weight excluding hydrogens is 359 g/mol. The maximum Gasteiger partial charge on any atom is 0.223 e. The summed E-state index contributed by atoms with van der Waals surface area (Å²) >= 11 is 0. The van der Waals surface area contributed by atoms with Gasteiger partial charge in [-0.3, -0.25) is 14.9 Å². The Morgan fingerprint density at radius 2 is 2.07 bits per heavy atom. The Bertz CT molecular complexity index is 922. The third kappa shape index (κ3) is 4.36. The van der Waals surface area contributed by atoms with E-state index in [4.69, 9.17) is 4.74 Å². The molecule has 2 aromatic heterocycles. The largest absolute Gasteiger partial charge is 0.487 e. The number of pyridine rings is 1. The molecule has 0 atom stereocenters. The first kappa shape index (κ1) is 18.2. The second kappa shape index (κ2) is 8.21. The highest BCUT2D eigenvalue weighted by atomic mass is 19.1. The van der Waals surface area contributed by atoms with Gasteiger partial charge in [-0.1, -0.05) is 24.3 Å². The van der Waals surface area contributed by atoms with Gasteiger partial charge in [0.2, 0.25) is 5.91 Å². The van der Waals surface area contributed by atoms with Gasteiger partial charge in [0.15, 0.2) is 0 Å². The van der Waals surface area contributed by atoms with Crippen LogP contribution in [0.4, 0.5) is 4.39 Å². The molecule has 6 nitrogen and oxygen atoms in total. The van der Waals surface area contributed by atoms with Gasteiger partial charge in [0.05, 0.1) is 30.7 Å². The Morgan fingerprint density at radius 1 is 1.21 bits per heavy atom. The second-order valence-corrected chi connectivity index (χ2v) is 6.85. The van der Waals surface area contributed by atoms with Crippen LogP contribution in [0.15, 0.2) is 54.9 Å². The van der Waals surface area contributed by atoms with Crippen LogP contribution in [-0.4, -0.2) is 45.2 Å². The number of nitrogens with zero attached hydrogens (tertiary/aromatic N) is 3. The zero-order valence-corrected chi connectivity index (χ0v) is 15.3. The maximum atomic E-state index is 12.8. The lowest BCUT2D eigenvalue weighted by Gasteiger charge is -2.34. The van der Waals surface area contributed by atoms with E-state index in [-0.39, 0.29) is 19.0 Å². The van der Waals surface area contributed by atoms with Crippen molar-refractivity contribution in [3.8, 4) is 17.1 Å². The van der Waals surface area contributed by atoms with E-state index in [1.54, 1.807) is 17.3 Å². The summed E-state index contributed by atoms with van der Waals surface area (Å²) in [6.45, 7) is 0.891. The molecule has 1 aromatic carbocycles. The highest BCUT2D eigenvalue weighted by Gasteiger charge is 2.29. The van der Waals surface area contributed by atoms with Crippen molar-refractivity contribution in [3.05, 3.63) is 66.0 Å².